The molecule has 49 heavy (non-hydrogen) atoms. The van der Waals surface area contributed by atoms with Gasteiger partial charge in [0.15, 0.2) is 0 Å². The van der Waals surface area contributed by atoms with Crippen molar-refractivity contribution >= 4 is 34.8 Å². The van der Waals surface area contributed by atoms with Gasteiger partial charge in [-0.15, -0.1) is 0 Å². The summed E-state index contributed by atoms with van der Waals surface area (Å²) in [7, 11) is 1.99. The fourth-order valence-electron chi connectivity index (χ4n) is 5.23. The molecule has 1 saturated heterocycles. The number of aromatic nitrogens is 2. The molecule has 1 aliphatic rings. The molecule has 0 radical (unpaired) electrons. The van der Waals surface area contributed by atoms with Gasteiger partial charge < -0.3 is 20.9 Å². The Balaban J connectivity index is 1.28. The molecule has 12 heteroatoms. The highest BCUT2D eigenvalue weighted by Crippen LogP contribution is 2.35. The highest BCUT2D eigenvalue weighted by molar-refractivity contribution is 6.04. The summed E-state index contributed by atoms with van der Waals surface area (Å²) in [6.07, 6.45) is -0.304. The molecule has 3 aromatic carbocycles. The van der Waals surface area contributed by atoms with Crippen LogP contribution in [0, 0.1) is 25.7 Å². The molecule has 0 aliphatic carbocycles. The zero-order valence-corrected chi connectivity index (χ0v) is 27.4. The molecule has 0 atom stereocenters. The quantitative estimate of drug-likeness (QED) is 0.148. The van der Waals surface area contributed by atoms with Gasteiger partial charge >= 0.3 is 6.18 Å². The summed E-state index contributed by atoms with van der Waals surface area (Å²) in [4.78, 5) is 37.8. The molecule has 3 N–H and O–H groups in total. The first-order chi connectivity index (χ1) is 23.4. The standard InChI is InChI=1S/C37H36F3N7O2/c1-5-33(48)44-32-8-6-7-25(3)34(32)45-36-41-21-26(22-42-36)10-12-27-19-28(11-9-24(27)2)35(49)43-30-14-13-29(31(20-30)37(38,39)40)23-47-17-15-46(4)16-18-47/h5-9,11,13-14,19-22H,1,15-18,23H2,2-4H3,(H,43,49)(H,44,48)(H,41,42,45). The van der Waals surface area contributed by atoms with Crippen molar-refractivity contribution in [3.8, 4) is 11.8 Å². The molecule has 4 aromatic rings. The Bertz CT molecular complexity index is 1920. The van der Waals surface area contributed by atoms with Crippen LogP contribution in [0.4, 0.5) is 36.2 Å². The largest absolute Gasteiger partial charge is 0.416 e. The lowest BCUT2D eigenvalue weighted by molar-refractivity contribution is -0.138. The molecule has 1 fully saturated rings. The van der Waals surface area contributed by atoms with Crippen LogP contribution in [-0.2, 0) is 17.5 Å². The average Bonchev–Trinajstić information content (AvgIpc) is 3.07. The number of hydrogen-bond donors (Lipinski definition) is 3. The van der Waals surface area contributed by atoms with Crippen LogP contribution in [0.3, 0.4) is 0 Å². The molecule has 0 spiro atoms. The number of hydrogen-bond acceptors (Lipinski definition) is 7. The van der Waals surface area contributed by atoms with Crippen molar-refractivity contribution in [1.29, 1.82) is 0 Å². The molecular formula is C37H36F3N7O2. The first-order valence-electron chi connectivity index (χ1n) is 15.6. The number of carbonyl (C=O) groups is 2. The molecule has 0 bridgehead atoms. The molecule has 2 amide bonds. The van der Waals surface area contributed by atoms with Crippen LogP contribution in [0.2, 0.25) is 0 Å². The summed E-state index contributed by atoms with van der Waals surface area (Å²) in [5.41, 5.74) is 3.66. The van der Waals surface area contributed by atoms with Gasteiger partial charge in [0.2, 0.25) is 11.9 Å². The third-order valence-electron chi connectivity index (χ3n) is 8.11. The number of aryl methyl sites for hydroxylation is 2. The molecule has 0 saturated carbocycles. The topological polar surface area (TPSA) is 102 Å². The predicted molar refractivity (Wildman–Crippen MR) is 185 cm³/mol. The summed E-state index contributed by atoms with van der Waals surface area (Å²) >= 11 is 0. The summed E-state index contributed by atoms with van der Waals surface area (Å²) in [5.74, 6) is 5.43. The van der Waals surface area contributed by atoms with Crippen LogP contribution in [-0.4, -0.2) is 64.8 Å². The molecular weight excluding hydrogens is 631 g/mol. The van der Waals surface area contributed by atoms with Crippen LogP contribution in [0.5, 0.6) is 0 Å². The van der Waals surface area contributed by atoms with E-state index in [1.165, 1.54) is 18.2 Å². The van der Waals surface area contributed by atoms with Gasteiger partial charge in [0.05, 0.1) is 22.5 Å². The van der Waals surface area contributed by atoms with E-state index in [4.69, 9.17) is 0 Å². The summed E-state index contributed by atoms with van der Waals surface area (Å²) in [5, 5.41) is 8.49. The molecule has 0 unspecified atom stereocenters. The third kappa shape index (κ3) is 9.10. The second-order valence-electron chi connectivity index (χ2n) is 11.8. The van der Waals surface area contributed by atoms with E-state index in [1.807, 2.05) is 37.9 Å². The maximum Gasteiger partial charge on any atom is 0.416 e. The zero-order valence-electron chi connectivity index (χ0n) is 27.4. The normalized spacial score (nSPS) is 13.6. The Labute approximate surface area is 283 Å². The number of anilines is 4. The Morgan fingerprint density at radius 3 is 2.37 bits per heavy atom. The molecule has 252 valence electrons. The Morgan fingerprint density at radius 2 is 1.67 bits per heavy atom. The first kappa shape index (κ1) is 34.8. The molecule has 2 heterocycles. The second-order valence-corrected chi connectivity index (χ2v) is 11.8. The summed E-state index contributed by atoms with van der Waals surface area (Å²) in [6.45, 7) is 10.4. The van der Waals surface area contributed by atoms with Crippen molar-refractivity contribution < 1.29 is 22.8 Å². The minimum absolute atomic E-state index is 0.0550. The van der Waals surface area contributed by atoms with Crippen molar-refractivity contribution in [2.45, 2.75) is 26.6 Å². The van der Waals surface area contributed by atoms with E-state index < -0.39 is 17.6 Å². The number of piperazine rings is 1. The SMILES string of the molecule is C=CC(=O)Nc1cccc(C)c1Nc1ncc(C#Cc2cc(C(=O)Nc3ccc(CN4CCN(C)CC4)c(C(F)(F)F)c3)ccc2C)cn1. The average molecular weight is 668 g/mol. The van der Waals surface area contributed by atoms with Crippen molar-refractivity contribution in [3.05, 3.63) is 119 Å². The van der Waals surface area contributed by atoms with Gasteiger partial charge in [-0.1, -0.05) is 42.7 Å². The van der Waals surface area contributed by atoms with Crippen LogP contribution in [0.15, 0.2) is 79.6 Å². The zero-order chi connectivity index (χ0) is 35.1. The van der Waals surface area contributed by atoms with Crippen molar-refractivity contribution in [2.75, 3.05) is 49.2 Å². The number of nitrogens with one attached hydrogen (secondary N) is 3. The van der Waals surface area contributed by atoms with Crippen LogP contribution in [0.1, 0.15) is 43.7 Å². The van der Waals surface area contributed by atoms with Crippen LogP contribution >= 0.6 is 0 Å². The maximum absolute atomic E-state index is 14.0. The van der Waals surface area contributed by atoms with E-state index in [9.17, 15) is 22.8 Å². The molecule has 9 nitrogen and oxygen atoms in total. The highest BCUT2D eigenvalue weighted by atomic mass is 19.4. The summed E-state index contributed by atoms with van der Waals surface area (Å²) in [6, 6.07) is 14.3. The van der Waals surface area contributed by atoms with Crippen molar-refractivity contribution in [2.24, 2.45) is 0 Å². The number of rotatable bonds is 8. The van der Waals surface area contributed by atoms with E-state index in [-0.39, 0.29) is 29.3 Å². The smallest absolute Gasteiger partial charge is 0.322 e. The van der Waals surface area contributed by atoms with E-state index in [0.717, 1.165) is 30.3 Å². The number of carbonyl (C=O) groups excluding carboxylic acids is 2. The van der Waals surface area contributed by atoms with E-state index >= 15 is 0 Å². The number of likely N-dealkylation sites (N-methyl/N-ethyl adjacent to an activating group) is 1. The third-order valence-corrected chi connectivity index (χ3v) is 8.11. The lowest BCUT2D eigenvalue weighted by atomic mass is 10.0. The van der Waals surface area contributed by atoms with Gasteiger partial charge in [-0.2, -0.15) is 13.2 Å². The van der Waals surface area contributed by atoms with Gasteiger partial charge in [-0.3, -0.25) is 14.5 Å². The number of benzene rings is 3. The molecule has 1 aliphatic heterocycles. The van der Waals surface area contributed by atoms with Crippen LogP contribution < -0.4 is 16.0 Å². The van der Waals surface area contributed by atoms with Crippen LogP contribution in [0.25, 0.3) is 0 Å². The number of para-hydroxylation sites is 1. The second kappa shape index (κ2) is 15.1. The van der Waals surface area contributed by atoms with Crippen molar-refractivity contribution in [1.82, 2.24) is 19.8 Å². The number of amides is 2. The monoisotopic (exact) mass is 667 g/mol. The fraction of sp³-hybridized carbons (Fsp3) is 0.243. The lowest BCUT2D eigenvalue weighted by Gasteiger charge is -2.33. The molecule has 1 aromatic heterocycles. The maximum atomic E-state index is 14.0. The Morgan fingerprint density at radius 1 is 0.939 bits per heavy atom. The van der Waals surface area contributed by atoms with Gasteiger partial charge in [0.1, 0.15) is 0 Å². The van der Waals surface area contributed by atoms with Gasteiger partial charge in [-0.05, 0) is 74.0 Å². The van der Waals surface area contributed by atoms with E-state index in [0.29, 0.717) is 41.5 Å². The highest BCUT2D eigenvalue weighted by Gasteiger charge is 2.34. The number of halogens is 3. The first-order valence-corrected chi connectivity index (χ1v) is 15.6. The number of alkyl halides is 3. The Kier molecular flexibility index (Phi) is 10.8. The summed E-state index contributed by atoms with van der Waals surface area (Å²) < 4.78 is 42.1. The van der Waals surface area contributed by atoms with E-state index in [1.54, 1.807) is 36.7 Å². The molecule has 5 rings (SSSR count). The number of nitrogens with zero attached hydrogens (tertiary/aromatic N) is 4. The van der Waals surface area contributed by atoms with Crippen molar-refractivity contribution in [3.63, 3.8) is 0 Å². The minimum Gasteiger partial charge on any atom is -0.322 e. The minimum atomic E-state index is -4.57. The van der Waals surface area contributed by atoms with E-state index in [2.05, 4.69) is 49.2 Å². The Hall–Kier alpha value is -5.51. The van der Waals surface area contributed by atoms with Gasteiger partial charge in [-0.25, -0.2) is 9.97 Å². The van der Waals surface area contributed by atoms with Gasteiger partial charge in [0, 0.05) is 61.9 Å². The van der Waals surface area contributed by atoms with Gasteiger partial charge in [0.25, 0.3) is 5.91 Å². The fourth-order valence-corrected chi connectivity index (χ4v) is 5.23. The lowest BCUT2D eigenvalue weighted by Crippen LogP contribution is -2.44. The predicted octanol–water partition coefficient (Wildman–Crippen LogP) is 6.38.